The number of nitrogens with zero attached hydrogens (tertiary/aromatic N) is 8. The van der Waals surface area contributed by atoms with E-state index in [1.807, 2.05) is 48.5 Å². The van der Waals surface area contributed by atoms with Gasteiger partial charge in [0, 0.05) is 182 Å². The average molecular weight is 2950 g/mol. The van der Waals surface area contributed by atoms with Crippen LogP contribution in [0, 0.1) is 245 Å². The molecule has 4 saturated carbocycles. The number of aromatic nitrogens is 8. The van der Waals surface area contributed by atoms with Crippen molar-refractivity contribution >= 4 is 87.2 Å². The zero-order chi connectivity index (χ0) is 83.2. The van der Waals surface area contributed by atoms with Gasteiger partial charge in [0.05, 0.1) is 16.6 Å². The zero-order valence-corrected chi connectivity index (χ0v) is 104. The first-order valence-corrected chi connectivity index (χ1v) is 47.0. The number of hydrogen-bond donors (Lipinski definition) is 0. The minimum absolute atomic E-state index is 0. The Balaban J connectivity index is 0.000000106. The van der Waals surface area contributed by atoms with Crippen molar-refractivity contribution in [1.29, 1.82) is 0 Å². The predicted molar refractivity (Wildman–Crippen MR) is 505 cm³/mol. The van der Waals surface area contributed by atoms with Crippen molar-refractivity contribution in [2.24, 2.45) is 47.3 Å². The van der Waals surface area contributed by atoms with Crippen molar-refractivity contribution in [2.45, 2.75) is 103 Å². The van der Waals surface area contributed by atoms with E-state index in [2.05, 4.69) is 328 Å². The number of para-hydroxylation sites is 4. The minimum Gasteiger partial charge on any atom is -0.407 e. The second-order valence-corrected chi connectivity index (χ2v) is 38.2. The fourth-order valence-electron chi connectivity index (χ4n) is 26.9. The van der Waals surface area contributed by atoms with Crippen molar-refractivity contribution < 1.29 is 274 Å². The summed E-state index contributed by atoms with van der Waals surface area (Å²) in [5.74, 6) is 10.5. The van der Waals surface area contributed by atoms with E-state index in [1.165, 1.54) is 282 Å². The van der Waals surface area contributed by atoms with Gasteiger partial charge in [-0.2, -0.15) is 96.6 Å². The summed E-state index contributed by atoms with van der Waals surface area (Å²) in [5.41, 5.74) is 31.6. The number of fused-ring (bicyclic) bond motifs is 32. The van der Waals surface area contributed by atoms with Crippen LogP contribution in [-0.2, 0) is 157 Å². The summed E-state index contributed by atoms with van der Waals surface area (Å²) >= 11 is 0. The van der Waals surface area contributed by atoms with Crippen LogP contribution in [0.2, 0.25) is 0 Å². The molecule has 20 aromatic rings. The molecular weight excluding hydrogens is 2860 g/mol. The molecule has 8 unspecified atom stereocenters. The number of pyridine rings is 4. The summed E-state index contributed by atoms with van der Waals surface area (Å²) in [7, 11) is 0. The molecule has 4 aliphatic heterocycles. The first-order chi connectivity index (χ1) is 63.5. The van der Waals surface area contributed by atoms with E-state index in [0.717, 1.165) is 68.2 Å². The fraction of sp³-hybridized carbons (Fsp3) is 0.200. The monoisotopic (exact) mass is 2950 g/mol. The second kappa shape index (κ2) is 38.9. The molecule has 8 aliphatic carbocycles. The summed E-state index contributed by atoms with van der Waals surface area (Å²) in [6.45, 7) is 0. The van der Waals surface area contributed by atoms with Gasteiger partial charge in [-0.25, -0.2) is 47.5 Å². The minimum atomic E-state index is 0. The maximum atomic E-state index is 3.82. The SMILES string of the molecule is [U+2].[U+2].[U+2].[U+2].[Y].[Y].[Y].[Y].[c-]1ccccc1-c1[c-][n+]2c(cc1)-n1c3ccccc3c3ccc4c(c31)[C-]2C1CCCC1C4.[c-]1ccccc1-c1[c-]c[n+]2c(c1)-n1c3ccccc3c3ccc4c(c31)[C-]2C1CCCC1C4.[c-]1ccccc1-c1[c-]cc2[n+](c1)[C-]1c3c(ccc4c5ccccc5n-2c34)CC2CCCC12.[c-]1ccccc1-c1[c-]cc[n+]2c1-n1c3ccccc3c3ccc4c(c31)[C-]2C1CCCC1C4. The van der Waals surface area contributed by atoms with Crippen LogP contribution in [0.15, 0.2) is 292 Å². The molecule has 0 saturated heterocycles. The standard InChI is InChI=1S/4C30H22N2.4U.4Y/c1-2-8-19(9-3-1)23-13-7-17-31-28-22-12-6-10-20(22)18-21-15-16-25-24-11-4-5-14-26(24)32(30(23)31)29(25)27(21)28;2*1-2-7-19(8-3-1)22-14-16-27-31(18-22)29-23-11-6-9-20(23)17-21-13-15-25-24-10-4-5-12-26(24)32(27)30(25)28(21)29;1-2-7-19(8-3-1)20-15-16-31-27(18-20)32-26-12-5-4-10-24(26)25-14-13-22-17-21-9-6-11-23(21)29(31)28(22)30(25)32;;;;;;;;/h1-5,7-8,11,14-17,20,22H,6,10,12,18H2;1-5,7,10,12-13,15-16,18,20,23H,6,9,11,17H2;1-5,7,10,12-16,20,23H,6,9,11,17H2;1-5,7,10,12-14,16,18,21,23H,6,9,11,17H2;;;;;;;;/q4*-2;4*+2;;;;. The van der Waals surface area contributed by atoms with Gasteiger partial charge in [0.25, 0.3) is 0 Å². The van der Waals surface area contributed by atoms with E-state index >= 15 is 0 Å². The Morgan fingerprint density at radius 3 is 1.11 bits per heavy atom. The Kier molecular flexibility index (Phi) is 27.7. The molecule has 0 amide bonds. The van der Waals surface area contributed by atoms with Crippen LogP contribution < -0.4 is 18.3 Å². The van der Waals surface area contributed by atoms with Crippen molar-refractivity contribution in [3.63, 3.8) is 0 Å². The summed E-state index contributed by atoms with van der Waals surface area (Å²) in [6, 6.07) is 129. The summed E-state index contributed by atoms with van der Waals surface area (Å²) in [5, 5.41) is 10.8. The molecule has 12 aliphatic rings. The second-order valence-electron chi connectivity index (χ2n) is 38.2. The molecule has 8 nitrogen and oxygen atoms in total. The van der Waals surface area contributed by atoms with Crippen LogP contribution in [0.1, 0.15) is 122 Å². The van der Waals surface area contributed by atoms with E-state index in [-0.39, 0.29) is 255 Å². The molecule has 12 aromatic carbocycles. The molecule has 0 spiro atoms. The molecule has 16 heteroatoms. The van der Waals surface area contributed by atoms with Gasteiger partial charge in [0.1, 0.15) is 33.4 Å². The van der Waals surface area contributed by atoms with E-state index in [1.54, 1.807) is 0 Å². The van der Waals surface area contributed by atoms with E-state index in [9.17, 15) is 0 Å². The normalized spacial score (nSPS) is 19.4. The third-order valence-electron chi connectivity index (χ3n) is 32.1. The quantitative estimate of drug-likeness (QED) is 0.124. The molecule has 4 fully saturated rings. The van der Waals surface area contributed by atoms with Crippen LogP contribution >= 0.6 is 0 Å². The first kappa shape index (κ1) is 96.7. The summed E-state index contributed by atoms with van der Waals surface area (Å²) < 4.78 is 19.9. The number of hydrogen-bond acceptors (Lipinski definition) is 0. The van der Waals surface area contributed by atoms with Gasteiger partial charge in [-0.1, -0.05) is 215 Å². The molecule has 0 N–H and O–H groups in total. The molecule has 4 radical (unpaired) electrons. The fourth-order valence-corrected chi connectivity index (χ4v) is 26.9. The van der Waals surface area contributed by atoms with Gasteiger partial charge >= 0.3 is 124 Å². The molecule has 12 heterocycles. The van der Waals surface area contributed by atoms with Crippen LogP contribution in [0.3, 0.4) is 0 Å². The van der Waals surface area contributed by atoms with Crippen LogP contribution in [-0.4, -0.2) is 18.3 Å². The van der Waals surface area contributed by atoms with Crippen molar-refractivity contribution in [2.75, 3.05) is 0 Å². The van der Waals surface area contributed by atoms with Crippen LogP contribution in [0.5, 0.6) is 0 Å². The Labute approximate surface area is 990 Å². The van der Waals surface area contributed by atoms with E-state index in [0.29, 0.717) is 23.7 Å². The predicted octanol–water partition coefficient (Wildman–Crippen LogP) is 24.2. The molecule has 8 atom stereocenters. The summed E-state index contributed by atoms with van der Waals surface area (Å²) in [4.78, 5) is 0. The molecule has 0 bridgehead atoms. The van der Waals surface area contributed by atoms with Gasteiger partial charge in [0.15, 0.2) is 11.6 Å². The average Bonchev–Trinajstić information content (AvgIpc) is 1.54. The Hall–Kier alpha value is -5.46. The molecular formula is C120H88N8U4Y4. The third kappa shape index (κ3) is 14.8. The van der Waals surface area contributed by atoms with Crippen molar-refractivity contribution in [1.82, 2.24) is 18.3 Å². The molecule has 636 valence electrons. The van der Waals surface area contributed by atoms with Crippen molar-refractivity contribution in [3.8, 4) is 67.8 Å². The number of rotatable bonds is 4. The molecule has 136 heavy (non-hydrogen) atoms. The zero-order valence-electron chi connectivity index (χ0n) is 75.5. The topological polar surface area (TPSA) is 35.2 Å². The van der Waals surface area contributed by atoms with Crippen LogP contribution in [0.4, 0.5) is 0 Å². The smallest absolute Gasteiger partial charge is 0.407 e. The maximum absolute atomic E-state index is 3.82. The number of benzene rings is 12. The molecule has 8 aromatic heterocycles. The Morgan fingerprint density at radius 1 is 0.279 bits per heavy atom. The summed E-state index contributed by atoms with van der Waals surface area (Å²) in [6.07, 6.45) is 31.4. The Bertz CT molecular complexity index is 7860. The van der Waals surface area contributed by atoms with Gasteiger partial charge < -0.3 is 18.3 Å². The van der Waals surface area contributed by atoms with Gasteiger partial charge in [0.2, 0.25) is 5.82 Å². The van der Waals surface area contributed by atoms with Gasteiger partial charge in [-0.15, -0.1) is 42.0 Å². The molecule has 32 rings (SSSR count). The first-order valence-electron chi connectivity index (χ1n) is 47.0. The Morgan fingerprint density at radius 2 is 0.654 bits per heavy atom. The van der Waals surface area contributed by atoms with Crippen molar-refractivity contribution in [3.05, 3.63) is 409 Å². The van der Waals surface area contributed by atoms with Gasteiger partial charge in [-0.3, -0.25) is 40.5 Å². The van der Waals surface area contributed by atoms with Gasteiger partial charge in [-0.05, 0) is 172 Å². The largest absolute Gasteiger partial charge is 2.00 e. The van der Waals surface area contributed by atoms with E-state index < -0.39 is 0 Å². The third-order valence-corrected chi connectivity index (χ3v) is 32.1. The van der Waals surface area contributed by atoms with E-state index in [4.69, 9.17) is 0 Å². The maximum Gasteiger partial charge on any atom is 2.00 e. The van der Waals surface area contributed by atoms with Crippen LogP contribution in [0.25, 0.3) is 155 Å².